The Hall–Kier alpha value is -0.770. The van der Waals surface area contributed by atoms with E-state index < -0.39 is 11.8 Å². The van der Waals surface area contributed by atoms with E-state index in [9.17, 15) is 9.59 Å². The van der Waals surface area contributed by atoms with Gasteiger partial charge in [-0.05, 0) is 18.8 Å². The van der Waals surface area contributed by atoms with Gasteiger partial charge >= 0.3 is 11.9 Å². The lowest BCUT2D eigenvalue weighted by atomic mass is 9.74. The van der Waals surface area contributed by atoms with Gasteiger partial charge in [0.15, 0.2) is 0 Å². The lowest BCUT2D eigenvalue weighted by Gasteiger charge is -2.34. The molecule has 4 nitrogen and oxygen atoms in total. The summed E-state index contributed by atoms with van der Waals surface area (Å²) >= 11 is 6.12. The average Bonchev–Trinajstić information content (AvgIpc) is 2.30. The summed E-state index contributed by atoms with van der Waals surface area (Å²) in [6.45, 7) is 1.97. The first-order valence-electron chi connectivity index (χ1n) is 5.31. The van der Waals surface area contributed by atoms with Crippen LogP contribution in [0.15, 0.2) is 0 Å². The molecule has 1 rings (SSSR count). The Morgan fingerprint density at radius 1 is 1.06 bits per heavy atom. The summed E-state index contributed by atoms with van der Waals surface area (Å²) in [6.07, 6.45) is 1.04. The number of methoxy groups -OCH3 is 2. The molecule has 3 unspecified atom stereocenters. The molecule has 0 spiro atoms. The van der Waals surface area contributed by atoms with Gasteiger partial charge in [-0.1, -0.05) is 6.92 Å². The van der Waals surface area contributed by atoms with Crippen LogP contribution in [0.25, 0.3) is 0 Å². The van der Waals surface area contributed by atoms with Crippen molar-refractivity contribution in [3.63, 3.8) is 0 Å². The fourth-order valence-corrected chi connectivity index (χ4v) is 2.47. The number of esters is 2. The Morgan fingerprint density at radius 3 is 1.94 bits per heavy atom. The first-order chi connectivity index (χ1) is 7.51. The molecule has 1 saturated carbocycles. The van der Waals surface area contributed by atoms with Gasteiger partial charge in [0.05, 0.1) is 26.1 Å². The molecule has 1 aliphatic rings. The van der Waals surface area contributed by atoms with Crippen LogP contribution < -0.4 is 0 Å². The van der Waals surface area contributed by atoms with Crippen molar-refractivity contribution in [1.29, 1.82) is 0 Å². The van der Waals surface area contributed by atoms with Gasteiger partial charge in [0.1, 0.15) is 0 Å². The quantitative estimate of drug-likeness (QED) is 0.550. The van der Waals surface area contributed by atoms with Crippen molar-refractivity contribution in [1.82, 2.24) is 0 Å². The number of alkyl halides is 1. The predicted molar refractivity (Wildman–Crippen MR) is 59.1 cm³/mol. The lowest BCUT2D eigenvalue weighted by molar-refractivity contribution is -0.160. The smallest absolute Gasteiger partial charge is 0.309 e. The van der Waals surface area contributed by atoms with Gasteiger partial charge in [0.2, 0.25) is 0 Å². The Morgan fingerprint density at radius 2 is 1.50 bits per heavy atom. The zero-order valence-corrected chi connectivity index (χ0v) is 10.5. The summed E-state index contributed by atoms with van der Waals surface area (Å²) in [5, 5.41) is -0.0926. The molecule has 0 amide bonds. The maximum atomic E-state index is 11.6. The molecule has 0 saturated heterocycles. The molecule has 1 fully saturated rings. The Balaban J connectivity index is 2.83. The van der Waals surface area contributed by atoms with Crippen molar-refractivity contribution in [3.8, 4) is 0 Å². The first-order valence-corrected chi connectivity index (χ1v) is 5.74. The maximum absolute atomic E-state index is 11.6. The third-order valence-electron chi connectivity index (χ3n) is 3.22. The van der Waals surface area contributed by atoms with Crippen molar-refractivity contribution in [2.75, 3.05) is 14.2 Å². The fraction of sp³-hybridized carbons (Fsp3) is 0.818. The highest BCUT2D eigenvalue weighted by molar-refractivity contribution is 6.21. The second-order valence-electron chi connectivity index (χ2n) is 4.22. The molecule has 0 bridgehead atoms. The lowest BCUT2D eigenvalue weighted by Crippen LogP contribution is -2.40. The van der Waals surface area contributed by atoms with E-state index in [2.05, 4.69) is 0 Å². The minimum Gasteiger partial charge on any atom is -0.469 e. The minimum atomic E-state index is -0.476. The summed E-state index contributed by atoms with van der Waals surface area (Å²) in [4.78, 5) is 23.1. The van der Waals surface area contributed by atoms with Gasteiger partial charge in [-0.15, -0.1) is 11.6 Å². The SMILES string of the molecule is COC(=O)C1CC(Cl)[C@@H](C)CC1C(=O)OC. The van der Waals surface area contributed by atoms with Crippen LogP contribution in [0.2, 0.25) is 0 Å². The predicted octanol–water partition coefficient (Wildman–Crippen LogP) is 1.60. The average molecular weight is 249 g/mol. The Labute approximate surface area is 100 Å². The van der Waals surface area contributed by atoms with Crippen LogP contribution in [0.5, 0.6) is 0 Å². The highest BCUT2D eigenvalue weighted by Crippen LogP contribution is 2.38. The molecule has 92 valence electrons. The topological polar surface area (TPSA) is 52.6 Å². The van der Waals surface area contributed by atoms with E-state index in [0.717, 1.165) is 0 Å². The van der Waals surface area contributed by atoms with E-state index in [4.69, 9.17) is 21.1 Å². The normalized spacial score (nSPS) is 34.2. The molecule has 0 heterocycles. The van der Waals surface area contributed by atoms with E-state index in [0.29, 0.717) is 12.8 Å². The first kappa shape index (κ1) is 13.3. The third-order valence-corrected chi connectivity index (χ3v) is 3.82. The monoisotopic (exact) mass is 248 g/mol. The van der Waals surface area contributed by atoms with Crippen molar-refractivity contribution < 1.29 is 19.1 Å². The van der Waals surface area contributed by atoms with Crippen molar-refractivity contribution in [2.24, 2.45) is 17.8 Å². The summed E-state index contributed by atoms with van der Waals surface area (Å²) in [6, 6.07) is 0. The van der Waals surface area contributed by atoms with Gasteiger partial charge < -0.3 is 9.47 Å². The molecule has 0 N–H and O–H groups in total. The minimum absolute atomic E-state index is 0.0926. The molecular weight excluding hydrogens is 232 g/mol. The zero-order chi connectivity index (χ0) is 12.3. The van der Waals surface area contributed by atoms with Gasteiger partial charge in [0.25, 0.3) is 0 Å². The standard InChI is InChI=1S/C11H17ClO4/c1-6-4-7(10(13)15-2)8(5-9(6)12)11(14)16-3/h6-9H,4-5H2,1-3H3/t6-,7?,8?,9?/m0/s1. The van der Waals surface area contributed by atoms with E-state index in [-0.39, 0.29) is 23.2 Å². The van der Waals surface area contributed by atoms with Crippen LogP contribution in [-0.4, -0.2) is 31.5 Å². The number of carbonyl (C=O) groups is 2. The molecule has 16 heavy (non-hydrogen) atoms. The summed E-state index contributed by atoms with van der Waals surface area (Å²) in [7, 11) is 2.64. The molecule has 0 radical (unpaired) electrons. The van der Waals surface area contributed by atoms with E-state index in [1.165, 1.54) is 14.2 Å². The Bertz CT molecular complexity index is 251. The molecule has 0 aromatic rings. The largest absolute Gasteiger partial charge is 0.469 e. The van der Waals surface area contributed by atoms with Crippen LogP contribution in [0.3, 0.4) is 0 Å². The zero-order valence-electron chi connectivity index (χ0n) is 9.73. The second kappa shape index (κ2) is 5.53. The molecule has 1 aliphatic carbocycles. The molecule has 0 aromatic carbocycles. The van der Waals surface area contributed by atoms with E-state index in [1.54, 1.807) is 0 Å². The summed E-state index contributed by atoms with van der Waals surface area (Å²) in [5.41, 5.74) is 0. The summed E-state index contributed by atoms with van der Waals surface area (Å²) < 4.78 is 9.40. The maximum Gasteiger partial charge on any atom is 0.309 e. The number of ether oxygens (including phenoxy) is 2. The molecule has 0 aromatic heterocycles. The van der Waals surface area contributed by atoms with Crippen molar-refractivity contribution >= 4 is 23.5 Å². The van der Waals surface area contributed by atoms with Crippen LogP contribution in [0, 0.1) is 17.8 Å². The summed E-state index contributed by atoms with van der Waals surface area (Å²) in [5.74, 6) is -1.44. The fourth-order valence-electron chi connectivity index (χ4n) is 2.18. The van der Waals surface area contributed by atoms with Gasteiger partial charge in [0, 0.05) is 5.38 Å². The van der Waals surface area contributed by atoms with Crippen molar-refractivity contribution in [2.45, 2.75) is 25.1 Å². The van der Waals surface area contributed by atoms with Crippen LogP contribution in [0.4, 0.5) is 0 Å². The number of rotatable bonds is 2. The molecule has 0 aliphatic heterocycles. The van der Waals surface area contributed by atoms with E-state index >= 15 is 0 Å². The number of hydrogen-bond acceptors (Lipinski definition) is 4. The molecule has 4 atom stereocenters. The van der Waals surface area contributed by atoms with Crippen molar-refractivity contribution in [3.05, 3.63) is 0 Å². The molecule has 5 heteroatoms. The Kier molecular flexibility index (Phi) is 4.59. The highest BCUT2D eigenvalue weighted by Gasteiger charge is 2.43. The van der Waals surface area contributed by atoms with Gasteiger partial charge in [-0.2, -0.15) is 0 Å². The van der Waals surface area contributed by atoms with Crippen LogP contribution in [0.1, 0.15) is 19.8 Å². The van der Waals surface area contributed by atoms with Crippen LogP contribution >= 0.6 is 11.6 Å². The van der Waals surface area contributed by atoms with Gasteiger partial charge in [-0.25, -0.2) is 0 Å². The van der Waals surface area contributed by atoms with E-state index in [1.807, 2.05) is 6.92 Å². The number of halogens is 1. The highest BCUT2D eigenvalue weighted by atomic mass is 35.5. The van der Waals surface area contributed by atoms with Crippen LogP contribution in [-0.2, 0) is 19.1 Å². The second-order valence-corrected chi connectivity index (χ2v) is 4.78. The third kappa shape index (κ3) is 2.67. The number of carbonyl (C=O) groups excluding carboxylic acids is 2. The molecular formula is C11H17ClO4. The van der Waals surface area contributed by atoms with Gasteiger partial charge in [-0.3, -0.25) is 9.59 Å². The number of hydrogen-bond donors (Lipinski definition) is 0.